The standard InChI is InChI=1S/C25H21Cl3N4O3/c26-17-4-6-21(20(27)9-17)32-24-16(8-18-5-7-22(28)35-18)12-34-13-19(24)23(29-32)25(33)30-31-10-14-2-1-3-15(14)11-31/h1-2,4-9,14-15H,3,10-13H2,(H,30,33). The molecule has 10 heteroatoms. The van der Waals surface area contributed by atoms with E-state index in [9.17, 15) is 4.79 Å². The van der Waals surface area contributed by atoms with Crippen LogP contribution >= 0.6 is 34.8 Å². The molecule has 2 unspecified atom stereocenters. The Morgan fingerprint density at radius 1 is 1.14 bits per heavy atom. The molecule has 1 N–H and O–H groups in total. The van der Waals surface area contributed by atoms with Crippen molar-refractivity contribution in [3.8, 4) is 5.69 Å². The van der Waals surface area contributed by atoms with Crippen LogP contribution < -0.4 is 5.43 Å². The van der Waals surface area contributed by atoms with Gasteiger partial charge in [-0.2, -0.15) is 5.10 Å². The Bertz CT molecular complexity index is 1380. The van der Waals surface area contributed by atoms with E-state index in [1.807, 2.05) is 11.1 Å². The fraction of sp³-hybridized carbons (Fsp3) is 0.280. The third kappa shape index (κ3) is 4.32. The first-order valence-corrected chi connectivity index (χ1v) is 12.4. The molecule has 0 radical (unpaired) electrons. The van der Waals surface area contributed by atoms with Crippen molar-refractivity contribution in [2.75, 3.05) is 19.7 Å². The third-order valence-electron chi connectivity index (χ3n) is 6.63. The summed E-state index contributed by atoms with van der Waals surface area (Å²) in [6.45, 7) is 2.16. The Kier molecular flexibility index (Phi) is 5.98. The number of halogens is 3. The van der Waals surface area contributed by atoms with Crippen LogP contribution in [0.25, 0.3) is 17.3 Å². The quantitative estimate of drug-likeness (QED) is 0.441. The number of aromatic nitrogens is 2. The van der Waals surface area contributed by atoms with Crippen LogP contribution in [0.15, 0.2) is 46.9 Å². The molecule has 1 fully saturated rings. The van der Waals surface area contributed by atoms with Crippen LogP contribution in [-0.4, -0.2) is 40.4 Å². The van der Waals surface area contributed by atoms with Crippen LogP contribution in [0.4, 0.5) is 0 Å². The first kappa shape index (κ1) is 22.9. The molecule has 3 aliphatic rings. The summed E-state index contributed by atoms with van der Waals surface area (Å²) in [7, 11) is 0. The molecule has 0 saturated carbocycles. The number of ether oxygens (including phenoxy) is 1. The Balaban J connectivity index is 1.41. The predicted molar refractivity (Wildman–Crippen MR) is 135 cm³/mol. The molecule has 2 atom stereocenters. The summed E-state index contributed by atoms with van der Waals surface area (Å²) in [6, 6.07) is 8.61. The van der Waals surface area contributed by atoms with Crippen LogP contribution in [-0.2, 0) is 11.3 Å². The summed E-state index contributed by atoms with van der Waals surface area (Å²) >= 11 is 18.7. The van der Waals surface area contributed by atoms with Crippen LogP contribution in [0.5, 0.6) is 0 Å². The van der Waals surface area contributed by atoms with Gasteiger partial charge in [0.05, 0.1) is 29.6 Å². The molecule has 0 bridgehead atoms. The van der Waals surface area contributed by atoms with Gasteiger partial charge in [-0.1, -0.05) is 35.4 Å². The summed E-state index contributed by atoms with van der Waals surface area (Å²) in [5.41, 5.74) is 6.16. The van der Waals surface area contributed by atoms with E-state index in [2.05, 4.69) is 17.6 Å². The Labute approximate surface area is 216 Å². The molecule has 7 nitrogen and oxygen atoms in total. The van der Waals surface area contributed by atoms with E-state index in [0.29, 0.717) is 51.2 Å². The number of carbonyl (C=O) groups excluding carboxylic acids is 1. The Morgan fingerprint density at radius 2 is 2.03 bits per heavy atom. The largest absolute Gasteiger partial charge is 0.445 e. The average molecular weight is 532 g/mol. The molecule has 1 amide bonds. The lowest BCUT2D eigenvalue weighted by Gasteiger charge is -2.20. The normalized spacial score (nSPS) is 22.5. The highest BCUT2D eigenvalue weighted by atomic mass is 35.5. The maximum atomic E-state index is 13.4. The zero-order valence-electron chi connectivity index (χ0n) is 18.5. The number of furan rings is 1. The molecule has 1 aliphatic carbocycles. The molecule has 4 heterocycles. The summed E-state index contributed by atoms with van der Waals surface area (Å²) in [5, 5.41) is 7.91. The number of allylic oxidation sites excluding steroid dienone is 1. The lowest BCUT2D eigenvalue weighted by Crippen LogP contribution is -2.41. The van der Waals surface area contributed by atoms with Crippen LogP contribution in [0.3, 0.4) is 0 Å². The Hall–Kier alpha value is -2.55. The number of hydrazine groups is 1. The Morgan fingerprint density at radius 3 is 2.80 bits per heavy atom. The van der Waals surface area contributed by atoms with E-state index in [4.69, 9.17) is 49.1 Å². The molecule has 1 aromatic carbocycles. The van der Waals surface area contributed by atoms with E-state index >= 15 is 0 Å². The zero-order valence-corrected chi connectivity index (χ0v) is 20.8. The van der Waals surface area contributed by atoms with Gasteiger partial charge < -0.3 is 9.15 Å². The minimum absolute atomic E-state index is 0.244. The molecule has 0 spiro atoms. The van der Waals surface area contributed by atoms with Gasteiger partial charge in [-0.15, -0.1) is 0 Å². The van der Waals surface area contributed by atoms with E-state index < -0.39 is 0 Å². The summed E-state index contributed by atoms with van der Waals surface area (Å²) in [4.78, 5) is 13.4. The number of fused-ring (bicyclic) bond motifs is 2. The lowest BCUT2D eigenvalue weighted by molar-refractivity contribution is 0.0805. The van der Waals surface area contributed by atoms with Crippen LogP contribution in [0.2, 0.25) is 15.3 Å². The number of benzene rings is 1. The van der Waals surface area contributed by atoms with Gasteiger partial charge >= 0.3 is 0 Å². The molecule has 3 aromatic rings. The topological polar surface area (TPSA) is 72.5 Å². The molecular formula is C25H21Cl3N4O3. The maximum Gasteiger partial charge on any atom is 0.286 e. The fourth-order valence-corrected chi connectivity index (χ4v) is 5.67. The molecule has 1 saturated heterocycles. The van der Waals surface area contributed by atoms with Crippen molar-refractivity contribution in [2.24, 2.45) is 11.8 Å². The molecular weight excluding hydrogens is 511 g/mol. The lowest BCUT2D eigenvalue weighted by atomic mass is 10.0. The molecule has 2 aliphatic heterocycles. The van der Waals surface area contributed by atoms with E-state index in [1.165, 1.54) is 0 Å². The molecule has 180 valence electrons. The highest BCUT2D eigenvalue weighted by Gasteiger charge is 2.36. The van der Waals surface area contributed by atoms with E-state index in [-0.39, 0.29) is 17.7 Å². The number of nitrogens with zero attached hydrogens (tertiary/aromatic N) is 3. The number of nitrogens with one attached hydrogen (secondary N) is 1. The zero-order chi connectivity index (χ0) is 24.1. The summed E-state index contributed by atoms with van der Waals surface area (Å²) in [5.74, 6) is 1.32. The summed E-state index contributed by atoms with van der Waals surface area (Å²) < 4.78 is 13.1. The fourth-order valence-electron chi connectivity index (χ4n) is 5.03. The number of hydrogen-bond donors (Lipinski definition) is 1. The van der Waals surface area contributed by atoms with Crippen molar-refractivity contribution in [2.45, 2.75) is 13.0 Å². The highest BCUT2D eigenvalue weighted by Crippen LogP contribution is 2.36. The van der Waals surface area contributed by atoms with Crippen molar-refractivity contribution >= 4 is 52.4 Å². The number of carbonyl (C=O) groups is 1. The second kappa shape index (κ2) is 9.15. The maximum absolute atomic E-state index is 13.4. The molecule has 2 aromatic heterocycles. The molecule has 35 heavy (non-hydrogen) atoms. The average Bonchev–Trinajstić information content (AvgIpc) is 3.58. The minimum atomic E-state index is -0.278. The van der Waals surface area contributed by atoms with Gasteiger partial charge in [0.25, 0.3) is 5.91 Å². The minimum Gasteiger partial charge on any atom is -0.445 e. The van der Waals surface area contributed by atoms with Gasteiger partial charge in [-0.25, -0.2) is 9.69 Å². The van der Waals surface area contributed by atoms with Crippen LogP contribution in [0, 0.1) is 11.8 Å². The monoisotopic (exact) mass is 530 g/mol. The van der Waals surface area contributed by atoms with Crippen molar-refractivity contribution in [3.05, 3.63) is 80.5 Å². The van der Waals surface area contributed by atoms with Gasteiger partial charge in [-0.05, 0) is 66.3 Å². The highest BCUT2D eigenvalue weighted by molar-refractivity contribution is 6.35. The first-order valence-electron chi connectivity index (χ1n) is 11.3. The van der Waals surface area contributed by atoms with Gasteiger partial charge in [0.15, 0.2) is 10.9 Å². The number of rotatable bonds is 4. The first-order chi connectivity index (χ1) is 17.0. The van der Waals surface area contributed by atoms with Crippen molar-refractivity contribution in [1.82, 2.24) is 20.2 Å². The number of hydrogen-bond acceptors (Lipinski definition) is 5. The van der Waals surface area contributed by atoms with E-state index in [1.54, 1.807) is 35.0 Å². The second-order valence-corrected chi connectivity index (χ2v) is 10.1. The van der Waals surface area contributed by atoms with Gasteiger partial charge in [0, 0.05) is 29.2 Å². The predicted octanol–water partition coefficient (Wildman–Crippen LogP) is 5.65. The van der Waals surface area contributed by atoms with Crippen molar-refractivity contribution < 1.29 is 13.9 Å². The van der Waals surface area contributed by atoms with Gasteiger partial charge in [0.1, 0.15) is 5.76 Å². The second-order valence-electron chi connectivity index (χ2n) is 8.92. The smallest absolute Gasteiger partial charge is 0.286 e. The summed E-state index contributed by atoms with van der Waals surface area (Å²) in [6.07, 6.45) is 7.35. The molecule has 6 rings (SSSR count). The van der Waals surface area contributed by atoms with Crippen molar-refractivity contribution in [1.29, 1.82) is 0 Å². The van der Waals surface area contributed by atoms with Crippen LogP contribution in [0.1, 0.15) is 33.9 Å². The number of amides is 1. The third-order valence-corrected chi connectivity index (χ3v) is 7.37. The van der Waals surface area contributed by atoms with Gasteiger partial charge in [-0.3, -0.25) is 10.2 Å². The SMILES string of the molecule is O=C(NN1CC2C=CCC2C1)c1nn(-c2ccc(Cl)cc2Cl)c2c1COCC2=Cc1ccc(Cl)o1. The van der Waals surface area contributed by atoms with Crippen molar-refractivity contribution in [3.63, 3.8) is 0 Å². The van der Waals surface area contributed by atoms with E-state index in [0.717, 1.165) is 30.8 Å². The van der Waals surface area contributed by atoms with Gasteiger partial charge in [0.2, 0.25) is 0 Å².